The number of rotatable bonds is 5. The van der Waals surface area contributed by atoms with Crippen molar-refractivity contribution in [1.82, 2.24) is 4.90 Å². The number of piperidine rings is 1. The van der Waals surface area contributed by atoms with Crippen molar-refractivity contribution in [3.63, 3.8) is 0 Å². The predicted octanol–water partition coefficient (Wildman–Crippen LogP) is 6.12. The summed E-state index contributed by atoms with van der Waals surface area (Å²) < 4.78 is 6.54. The molecule has 0 spiro atoms. The fraction of sp³-hybridized carbons (Fsp3) is 0.593. The summed E-state index contributed by atoms with van der Waals surface area (Å²) in [7, 11) is 0. The highest BCUT2D eigenvalue weighted by atomic mass is 16.5. The Balaban J connectivity index is 1.44. The zero-order valence-corrected chi connectivity index (χ0v) is 19.3. The Morgan fingerprint density at radius 1 is 0.968 bits per heavy atom. The average molecular weight is 424 g/mol. The van der Waals surface area contributed by atoms with E-state index in [1.165, 1.54) is 29.2 Å². The van der Waals surface area contributed by atoms with Gasteiger partial charge in [-0.2, -0.15) is 0 Å². The highest BCUT2D eigenvalue weighted by Gasteiger charge is 2.30. The molecule has 1 heterocycles. The van der Waals surface area contributed by atoms with E-state index >= 15 is 0 Å². The molecule has 1 N–H and O–H groups in total. The van der Waals surface area contributed by atoms with Crippen molar-refractivity contribution in [3.8, 4) is 5.75 Å². The standard InChI is InChI=1S/C27H37NO3/c1-27(2,3)21-10-12-22(13-11-21)31-25-9-5-7-23-20(6-4-8-24(23)25)18-28-16-14-19(15-17-28)26(29)30/h4-9,19,21-22H,10-18H2,1-3H3,(H,29,30)/t21-,22-. The number of ether oxygens (including phenoxy) is 1. The molecule has 1 saturated heterocycles. The number of benzene rings is 2. The lowest BCUT2D eigenvalue weighted by Crippen LogP contribution is -2.35. The van der Waals surface area contributed by atoms with E-state index in [0.717, 1.165) is 57.0 Å². The van der Waals surface area contributed by atoms with Crippen LogP contribution in [0.2, 0.25) is 0 Å². The van der Waals surface area contributed by atoms with E-state index in [1.54, 1.807) is 0 Å². The van der Waals surface area contributed by atoms with Crippen LogP contribution in [0.3, 0.4) is 0 Å². The van der Waals surface area contributed by atoms with Crippen LogP contribution in [-0.2, 0) is 11.3 Å². The van der Waals surface area contributed by atoms with Gasteiger partial charge in [-0.25, -0.2) is 0 Å². The van der Waals surface area contributed by atoms with Crippen molar-refractivity contribution in [2.24, 2.45) is 17.3 Å². The summed E-state index contributed by atoms with van der Waals surface area (Å²) >= 11 is 0. The molecule has 1 aliphatic heterocycles. The molecule has 0 unspecified atom stereocenters. The Bertz CT molecular complexity index is 900. The average Bonchev–Trinajstić information content (AvgIpc) is 2.74. The SMILES string of the molecule is CC(C)(C)[C@H]1CC[C@H](Oc2cccc3c(CN4CCC(C(=O)O)CC4)cccc23)CC1. The Morgan fingerprint density at radius 2 is 1.61 bits per heavy atom. The van der Waals surface area contributed by atoms with Gasteiger partial charge in [-0.05, 0) is 80.0 Å². The van der Waals surface area contributed by atoms with Gasteiger partial charge in [0.05, 0.1) is 12.0 Å². The largest absolute Gasteiger partial charge is 0.490 e. The van der Waals surface area contributed by atoms with E-state index < -0.39 is 5.97 Å². The minimum atomic E-state index is -0.650. The maximum absolute atomic E-state index is 11.2. The molecule has 0 aromatic heterocycles. The van der Waals surface area contributed by atoms with Crippen molar-refractivity contribution >= 4 is 16.7 Å². The maximum atomic E-state index is 11.2. The van der Waals surface area contributed by atoms with Gasteiger partial charge in [-0.3, -0.25) is 9.69 Å². The topological polar surface area (TPSA) is 49.8 Å². The Morgan fingerprint density at radius 3 is 2.26 bits per heavy atom. The molecule has 4 heteroatoms. The second-order valence-corrected chi connectivity index (χ2v) is 10.6. The fourth-order valence-electron chi connectivity index (χ4n) is 5.39. The van der Waals surface area contributed by atoms with Crippen molar-refractivity contribution < 1.29 is 14.6 Å². The lowest BCUT2D eigenvalue weighted by atomic mass is 9.72. The third-order valence-corrected chi connectivity index (χ3v) is 7.50. The smallest absolute Gasteiger partial charge is 0.306 e. The molecule has 31 heavy (non-hydrogen) atoms. The van der Waals surface area contributed by atoms with Crippen molar-refractivity contribution in [2.75, 3.05) is 13.1 Å². The van der Waals surface area contributed by atoms with Gasteiger partial charge < -0.3 is 9.84 Å². The molecule has 0 bridgehead atoms. The zero-order chi connectivity index (χ0) is 22.0. The monoisotopic (exact) mass is 423 g/mol. The number of hydrogen-bond donors (Lipinski definition) is 1. The Hall–Kier alpha value is -2.07. The minimum Gasteiger partial charge on any atom is -0.490 e. The second-order valence-electron chi connectivity index (χ2n) is 10.6. The lowest BCUT2D eigenvalue weighted by molar-refractivity contribution is -0.143. The van der Waals surface area contributed by atoms with Crippen LogP contribution in [0, 0.1) is 17.3 Å². The van der Waals surface area contributed by atoms with Crippen LogP contribution in [0.15, 0.2) is 36.4 Å². The van der Waals surface area contributed by atoms with Gasteiger partial charge >= 0.3 is 5.97 Å². The lowest BCUT2D eigenvalue weighted by Gasteiger charge is -2.37. The van der Waals surface area contributed by atoms with E-state index in [-0.39, 0.29) is 5.92 Å². The minimum absolute atomic E-state index is 0.183. The molecule has 0 amide bonds. The number of hydrogen-bond acceptors (Lipinski definition) is 3. The Labute approximate surface area is 186 Å². The molecule has 4 rings (SSSR count). The summed E-state index contributed by atoms with van der Waals surface area (Å²) in [6.45, 7) is 9.63. The van der Waals surface area contributed by atoms with Gasteiger partial charge in [0.15, 0.2) is 0 Å². The van der Waals surface area contributed by atoms with Crippen LogP contribution < -0.4 is 4.74 Å². The summed E-state index contributed by atoms with van der Waals surface area (Å²) in [4.78, 5) is 13.6. The van der Waals surface area contributed by atoms with Gasteiger partial charge in [0.1, 0.15) is 5.75 Å². The molecule has 168 valence electrons. The van der Waals surface area contributed by atoms with Gasteiger partial charge in [0, 0.05) is 11.9 Å². The van der Waals surface area contributed by atoms with Crippen molar-refractivity contribution in [1.29, 1.82) is 0 Å². The first-order chi connectivity index (χ1) is 14.8. The van der Waals surface area contributed by atoms with E-state index in [2.05, 4.69) is 62.1 Å². The molecule has 1 aliphatic carbocycles. The van der Waals surface area contributed by atoms with E-state index in [1.807, 2.05) is 0 Å². The number of fused-ring (bicyclic) bond motifs is 1. The first kappa shape index (κ1) is 22.1. The highest BCUT2D eigenvalue weighted by Crippen LogP contribution is 2.39. The number of aliphatic carboxylic acids is 1. The zero-order valence-electron chi connectivity index (χ0n) is 19.3. The van der Waals surface area contributed by atoms with Crippen LogP contribution in [-0.4, -0.2) is 35.2 Å². The van der Waals surface area contributed by atoms with Crippen LogP contribution in [0.25, 0.3) is 10.8 Å². The normalized spacial score (nSPS) is 23.7. The summed E-state index contributed by atoms with van der Waals surface area (Å²) in [5, 5.41) is 11.7. The summed E-state index contributed by atoms with van der Waals surface area (Å²) in [5.74, 6) is 0.958. The number of carboxylic acids is 1. The van der Waals surface area contributed by atoms with Crippen molar-refractivity contribution in [2.45, 2.75) is 71.9 Å². The number of carbonyl (C=O) groups is 1. The summed E-state index contributed by atoms with van der Waals surface area (Å²) in [5.41, 5.74) is 1.69. The molecular formula is C27H37NO3. The summed E-state index contributed by atoms with van der Waals surface area (Å²) in [6.07, 6.45) is 6.56. The first-order valence-corrected chi connectivity index (χ1v) is 11.9. The van der Waals surface area contributed by atoms with Crippen molar-refractivity contribution in [3.05, 3.63) is 42.0 Å². The third kappa shape index (κ3) is 5.23. The van der Waals surface area contributed by atoms with Crippen LogP contribution in [0.4, 0.5) is 0 Å². The van der Waals surface area contributed by atoms with Gasteiger partial charge in [0.2, 0.25) is 0 Å². The maximum Gasteiger partial charge on any atom is 0.306 e. The van der Waals surface area contributed by atoms with Crippen LogP contribution in [0.5, 0.6) is 5.75 Å². The molecule has 4 nitrogen and oxygen atoms in total. The first-order valence-electron chi connectivity index (χ1n) is 11.9. The molecule has 2 aliphatic rings. The third-order valence-electron chi connectivity index (χ3n) is 7.50. The van der Waals surface area contributed by atoms with Crippen LogP contribution in [0.1, 0.15) is 64.9 Å². The van der Waals surface area contributed by atoms with Gasteiger partial charge in [-0.1, -0.05) is 51.1 Å². The second kappa shape index (κ2) is 9.20. The Kier molecular flexibility index (Phi) is 6.57. The fourth-order valence-corrected chi connectivity index (χ4v) is 5.39. The quantitative estimate of drug-likeness (QED) is 0.629. The van der Waals surface area contributed by atoms with Gasteiger partial charge in [-0.15, -0.1) is 0 Å². The number of carboxylic acid groups (broad SMARTS) is 1. The molecule has 2 aromatic rings. The predicted molar refractivity (Wildman–Crippen MR) is 125 cm³/mol. The molecule has 2 aromatic carbocycles. The summed E-state index contributed by atoms with van der Waals surface area (Å²) in [6, 6.07) is 12.9. The molecule has 1 saturated carbocycles. The molecule has 0 atom stereocenters. The van der Waals surface area contributed by atoms with E-state index in [0.29, 0.717) is 11.5 Å². The highest BCUT2D eigenvalue weighted by molar-refractivity contribution is 5.91. The van der Waals surface area contributed by atoms with E-state index in [9.17, 15) is 9.90 Å². The van der Waals surface area contributed by atoms with Crippen LogP contribution >= 0.6 is 0 Å². The number of nitrogens with zero attached hydrogens (tertiary/aromatic N) is 1. The van der Waals surface area contributed by atoms with E-state index in [4.69, 9.17) is 4.74 Å². The van der Waals surface area contributed by atoms with Gasteiger partial charge in [0.25, 0.3) is 0 Å². The molecular weight excluding hydrogens is 386 g/mol. The molecule has 0 radical (unpaired) electrons. The molecule has 2 fully saturated rings. The number of likely N-dealkylation sites (tertiary alicyclic amines) is 1.